The van der Waals surface area contributed by atoms with Crippen LogP contribution in [0.3, 0.4) is 0 Å². The van der Waals surface area contributed by atoms with Gasteiger partial charge in [-0.05, 0) is 54.7 Å². The van der Waals surface area contributed by atoms with Gasteiger partial charge in [0.25, 0.3) is 0 Å². The molecule has 3 heterocycles. The van der Waals surface area contributed by atoms with Gasteiger partial charge in [0.2, 0.25) is 5.91 Å². The van der Waals surface area contributed by atoms with Crippen molar-refractivity contribution in [3.05, 3.63) is 65.9 Å². The highest BCUT2D eigenvalue weighted by molar-refractivity contribution is 5.84. The van der Waals surface area contributed by atoms with E-state index in [2.05, 4.69) is 4.98 Å². The van der Waals surface area contributed by atoms with E-state index >= 15 is 13.2 Å². The molecule has 8 heteroatoms. The normalized spacial score (nSPS) is 25.5. The van der Waals surface area contributed by atoms with E-state index in [4.69, 9.17) is 4.74 Å². The van der Waals surface area contributed by atoms with Gasteiger partial charge in [-0.3, -0.25) is 14.7 Å². The number of alkyl halides is 1. The number of hydrogen-bond donors (Lipinski definition) is 0. The monoisotopic (exact) mass is 481 g/mol. The molecule has 0 N–H and O–H groups in total. The van der Waals surface area contributed by atoms with E-state index in [1.807, 2.05) is 24.3 Å². The number of amides is 1. The minimum absolute atomic E-state index is 0.00364. The van der Waals surface area contributed by atoms with E-state index in [1.54, 1.807) is 22.1 Å². The first-order valence-corrected chi connectivity index (χ1v) is 12.0. The Balaban J connectivity index is 1.18. The molecule has 1 spiro atoms. The zero-order chi connectivity index (χ0) is 24.2. The lowest BCUT2D eigenvalue weighted by Crippen LogP contribution is -2.64. The summed E-state index contributed by atoms with van der Waals surface area (Å²) in [7, 11) is 0. The average Bonchev–Trinajstić information content (AvgIpc) is 3.70. The van der Waals surface area contributed by atoms with E-state index < -0.39 is 23.4 Å². The van der Waals surface area contributed by atoms with Crippen molar-refractivity contribution in [3.8, 4) is 11.1 Å². The summed E-state index contributed by atoms with van der Waals surface area (Å²) in [5.74, 6) is -1.40. The first-order chi connectivity index (χ1) is 16.9. The van der Waals surface area contributed by atoms with E-state index in [0.29, 0.717) is 24.1 Å². The SMILES string of the molecule is O=C1COC2(CCN(Cc3c(F)cc(-c4ccc5cccnc5c4)cc3F)C[C@@H]2F)CN1C1CC1. The summed E-state index contributed by atoms with van der Waals surface area (Å²) in [6.07, 6.45) is 2.61. The maximum absolute atomic E-state index is 15.4. The number of fused-ring (bicyclic) bond motifs is 1. The molecule has 2 atom stereocenters. The third-order valence-electron chi connectivity index (χ3n) is 7.53. The summed E-state index contributed by atoms with van der Waals surface area (Å²) in [5.41, 5.74) is 0.748. The smallest absolute Gasteiger partial charge is 0.248 e. The molecular weight excluding hydrogens is 455 g/mol. The van der Waals surface area contributed by atoms with Crippen LogP contribution in [0.25, 0.3) is 22.0 Å². The van der Waals surface area contributed by atoms with Gasteiger partial charge >= 0.3 is 0 Å². The van der Waals surface area contributed by atoms with Gasteiger partial charge in [-0.25, -0.2) is 13.2 Å². The molecule has 6 rings (SSSR count). The Labute approximate surface area is 201 Å². The van der Waals surface area contributed by atoms with Crippen molar-refractivity contribution in [3.63, 3.8) is 0 Å². The molecule has 0 radical (unpaired) electrons. The quantitative estimate of drug-likeness (QED) is 0.551. The first kappa shape index (κ1) is 22.5. The van der Waals surface area contributed by atoms with Gasteiger partial charge in [-0.2, -0.15) is 0 Å². The van der Waals surface area contributed by atoms with E-state index in [1.165, 1.54) is 12.1 Å². The van der Waals surface area contributed by atoms with Gasteiger partial charge in [-0.1, -0.05) is 18.2 Å². The fraction of sp³-hybridized carbons (Fsp3) is 0.407. The molecular formula is C27H26F3N3O2. The predicted octanol–water partition coefficient (Wildman–Crippen LogP) is 4.48. The van der Waals surface area contributed by atoms with Crippen LogP contribution in [0.15, 0.2) is 48.7 Å². The van der Waals surface area contributed by atoms with E-state index in [9.17, 15) is 4.79 Å². The summed E-state index contributed by atoms with van der Waals surface area (Å²) in [5, 5.41) is 0.948. The van der Waals surface area contributed by atoms with Gasteiger partial charge in [-0.15, -0.1) is 0 Å². The Hall–Kier alpha value is -2.97. The summed E-state index contributed by atoms with van der Waals surface area (Å²) in [6.45, 7) is 0.558. The molecule has 3 aliphatic rings. The van der Waals surface area contributed by atoms with E-state index in [-0.39, 0.29) is 43.8 Å². The number of halogens is 3. The van der Waals surface area contributed by atoms with Crippen LogP contribution in [0.4, 0.5) is 13.2 Å². The maximum atomic E-state index is 15.4. The highest BCUT2D eigenvalue weighted by atomic mass is 19.1. The van der Waals surface area contributed by atoms with Crippen molar-refractivity contribution in [2.24, 2.45) is 0 Å². The lowest BCUT2D eigenvalue weighted by atomic mass is 9.87. The van der Waals surface area contributed by atoms with Gasteiger partial charge in [0.15, 0.2) is 0 Å². The van der Waals surface area contributed by atoms with Crippen LogP contribution in [0, 0.1) is 11.6 Å². The average molecular weight is 482 g/mol. The van der Waals surface area contributed by atoms with Crippen molar-refractivity contribution in [1.29, 1.82) is 0 Å². The molecule has 0 bridgehead atoms. The van der Waals surface area contributed by atoms with Crippen LogP contribution >= 0.6 is 0 Å². The summed E-state index contributed by atoms with van der Waals surface area (Å²) >= 11 is 0. The lowest BCUT2D eigenvalue weighted by molar-refractivity contribution is -0.189. The molecule has 1 amide bonds. The Morgan fingerprint density at radius 3 is 2.63 bits per heavy atom. The van der Waals surface area contributed by atoms with E-state index in [0.717, 1.165) is 23.7 Å². The number of likely N-dealkylation sites (tertiary alicyclic amines) is 1. The second-order valence-electron chi connectivity index (χ2n) is 9.89. The van der Waals surface area contributed by atoms with Crippen molar-refractivity contribution in [2.75, 3.05) is 26.2 Å². The number of benzene rings is 2. The number of pyridine rings is 1. The van der Waals surface area contributed by atoms with Crippen molar-refractivity contribution in [1.82, 2.24) is 14.8 Å². The number of carbonyl (C=O) groups excluding carboxylic acids is 1. The summed E-state index contributed by atoms with van der Waals surface area (Å²) in [4.78, 5) is 20.0. The highest BCUT2D eigenvalue weighted by Gasteiger charge is 2.51. The Kier molecular flexibility index (Phi) is 5.53. The maximum Gasteiger partial charge on any atom is 0.248 e. The number of carbonyl (C=O) groups is 1. The fourth-order valence-electron chi connectivity index (χ4n) is 5.29. The fourth-order valence-corrected chi connectivity index (χ4v) is 5.29. The molecule has 1 unspecified atom stereocenters. The number of aromatic nitrogens is 1. The lowest BCUT2D eigenvalue weighted by Gasteiger charge is -2.49. The molecule has 2 aromatic carbocycles. The van der Waals surface area contributed by atoms with Crippen LogP contribution in [-0.4, -0.2) is 64.7 Å². The second kappa shape index (κ2) is 8.60. The zero-order valence-corrected chi connectivity index (χ0v) is 19.2. The van der Waals surface area contributed by atoms with Gasteiger partial charge < -0.3 is 9.64 Å². The molecule has 35 heavy (non-hydrogen) atoms. The first-order valence-electron chi connectivity index (χ1n) is 12.0. The number of nitrogens with zero attached hydrogens (tertiary/aromatic N) is 3. The van der Waals surface area contributed by atoms with Gasteiger partial charge in [0.05, 0.1) is 12.1 Å². The molecule has 3 fully saturated rings. The minimum Gasteiger partial charge on any atom is -0.360 e. The number of hydrogen-bond acceptors (Lipinski definition) is 4. The Morgan fingerprint density at radius 1 is 1.09 bits per heavy atom. The molecule has 2 aliphatic heterocycles. The Bertz CT molecular complexity index is 1270. The third-order valence-corrected chi connectivity index (χ3v) is 7.53. The summed E-state index contributed by atoms with van der Waals surface area (Å²) < 4.78 is 51.2. The number of rotatable bonds is 4. The minimum atomic E-state index is -1.35. The highest BCUT2D eigenvalue weighted by Crippen LogP contribution is 2.38. The molecule has 1 aliphatic carbocycles. The van der Waals surface area contributed by atoms with Crippen molar-refractivity contribution >= 4 is 16.8 Å². The van der Waals surface area contributed by atoms with Crippen molar-refractivity contribution < 1.29 is 22.7 Å². The molecule has 182 valence electrons. The molecule has 1 saturated carbocycles. The third kappa shape index (κ3) is 4.19. The molecule has 1 aromatic heterocycles. The number of piperidine rings is 1. The van der Waals surface area contributed by atoms with Crippen LogP contribution in [0.1, 0.15) is 24.8 Å². The topological polar surface area (TPSA) is 45.7 Å². The van der Waals surface area contributed by atoms with Gasteiger partial charge in [0.1, 0.15) is 30.0 Å². The number of morpholine rings is 1. The van der Waals surface area contributed by atoms with Crippen LogP contribution in [0.2, 0.25) is 0 Å². The molecule has 5 nitrogen and oxygen atoms in total. The van der Waals surface area contributed by atoms with Crippen LogP contribution < -0.4 is 0 Å². The number of ether oxygens (including phenoxy) is 1. The molecule has 2 saturated heterocycles. The largest absolute Gasteiger partial charge is 0.360 e. The second-order valence-corrected chi connectivity index (χ2v) is 9.89. The summed E-state index contributed by atoms with van der Waals surface area (Å²) in [6, 6.07) is 12.1. The Morgan fingerprint density at radius 2 is 1.89 bits per heavy atom. The van der Waals surface area contributed by atoms with Gasteiger partial charge in [0, 0.05) is 42.8 Å². The van der Waals surface area contributed by atoms with Crippen molar-refractivity contribution in [2.45, 2.75) is 43.6 Å². The standard InChI is InChI=1S/C27H26F3N3O2/c28-22-10-19(18-4-3-17-2-1-8-31-24(17)12-18)11-23(29)21(22)13-32-9-7-27(25(30)14-32)16-33(20-5-6-20)26(34)15-35-27/h1-4,8,10-12,20,25H,5-7,9,13-16H2/t25-,27?/m0/s1. The van der Waals surface area contributed by atoms with Crippen LogP contribution in [-0.2, 0) is 16.1 Å². The van der Waals surface area contributed by atoms with Crippen LogP contribution in [0.5, 0.6) is 0 Å². The predicted molar refractivity (Wildman–Crippen MR) is 125 cm³/mol. The molecule has 3 aromatic rings. The zero-order valence-electron chi connectivity index (χ0n) is 19.2.